The van der Waals surface area contributed by atoms with E-state index in [9.17, 15) is 0 Å². The maximum atomic E-state index is 6.03. The van der Waals surface area contributed by atoms with E-state index in [0.717, 1.165) is 49.1 Å². The number of benzene rings is 2. The maximum Gasteiger partial charge on any atom is 0.119 e. The Kier molecular flexibility index (Phi) is 6.11. The molecule has 4 rings (SSSR count). The van der Waals surface area contributed by atoms with Gasteiger partial charge in [0.05, 0.1) is 19.8 Å². The third kappa shape index (κ3) is 4.52. The molecule has 1 aromatic heterocycles. The number of thiocarbonyl (C=S) groups is 1. The summed E-state index contributed by atoms with van der Waals surface area (Å²) in [5.41, 5.74) is 3.78. The van der Waals surface area contributed by atoms with E-state index in [4.69, 9.17) is 21.7 Å². The molecule has 0 amide bonds. The number of hydrogen-bond donors (Lipinski definition) is 0. The molecule has 0 aliphatic carbocycles. The summed E-state index contributed by atoms with van der Waals surface area (Å²) in [6.07, 6.45) is 2.18. The summed E-state index contributed by atoms with van der Waals surface area (Å²) in [5, 5.41) is 1.20. The zero-order valence-electron chi connectivity index (χ0n) is 18.1. The smallest absolute Gasteiger partial charge is 0.119 e. The molecule has 30 heavy (non-hydrogen) atoms. The zero-order chi connectivity index (χ0) is 21.1. The minimum absolute atomic E-state index is 0.151. The highest BCUT2D eigenvalue weighted by atomic mass is 32.1. The van der Waals surface area contributed by atoms with Gasteiger partial charge < -0.3 is 18.9 Å². The quantitative estimate of drug-likeness (QED) is 0.539. The van der Waals surface area contributed by atoms with E-state index in [-0.39, 0.29) is 5.41 Å². The van der Waals surface area contributed by atoms with E-state index >= 15 is 0 Å². The lowest BCUT2D eigenvalue weighted by molar-refractivity contribution is 0.0693. The fourth-order valence-electron chi connectivity index (χ4n) is 3.85. The van der Waals surface area contributed by atoms with Gasteiger partial charge in [-0.15, -0.1) is 0 Å². The van der Waals surface area contributed by atoms with Crippen molar-refractivity contribution in [2.24, 2.45) is 0 Å². The first-order chi connectivity index (χ1) is 14.4. The lowest BCUT2D eigenvalue weighted by Crippen LogP contribution is -2.40. The van der Waals surface area contributed by atoms with Crippen LogP contribution >= 0.6 is 12.2 Å². The minimum atomic E-state index is 0.151. The van der Waals surface area contributed by atoms with Crippen molar-refractivity contribution in [1.82, 2.24) is 9.47 Å². The van der Waals surface area contributed by atoms with Crippen molar-refractivity contribution in [3.8, 4) is 5.75 Å². The Bertz CT molecular complexity index is 1010. The van der Waals surface area contributed by atoms with Gasteiger partial charge in [-0.05, 0) is 29.2 Å². The van der Waals surface area contributed by atoms with Crippen LogP contribution in [-0.4, -0.2) is 47.4 Å². The van der Waals surface area contributed by atoms with Crippen molar-refractivity contribution in [3.05, 3.63) is 65.9 Å². The van der Waals surface area contributed by atoms with Crippen LogP contribution < -0.4 is 4.74 Å². The normalized spacial score (nSPS) is 14.8. The molecule has 0 atom stereocenters. The Balaban J connectivity index is 1.47. The standard InChI is InChI=1S/C25H30N2O2S/c1-25(2,3)19-8-10-20(11-9-19)29-17-14-27-18-22(21-6-4-5-7-23(21)27)24(30)26-12-15-28-16-13-26/h4-11,18H,12-17H2,1-3H3. The van der Waals surface area contributed by atoms with Gasteiger partial charge in [0.2, 0.25) is 0 Å². The first-order valence-electron chi connectivity index (χ1n) is 10.6. The molecule has 2 aromatic carbocycles. The number of fused-ring (bicyclic) bond motifs is 1. The Labute approximate surface area is 184 Å². The number of aromatic nitrogens is 1. The van der Waals surface area contributed by atoms with Gasteiger partial charge in [0.1, 0.15) is 17.3 Å². The van der Waals surface area contributed by atoms with Gasteiger partial charge >= 0.3 is 0 Å². The molecule has 1 saturated heterocycles. The fraction of sp³-hybridized carbons (Fsp3) is 0.400. The molecule has 2 heterocycles. The second kappa shape index (κ2) is 8.78. The van der Waals surface area contributed by atoms with Crippen LogP contribution in [0.3, 0.4) is 0 Å². The van der Waals surface area contributed by atoms with Crippen LogP contribution in [-0.2, 0) is 16.7 Å². The van der Waals surface area contributed by atoms with Gasteiger partial charge in [-0.2, -0.15) is 0 Å². The first kappa shape index (κ1) is 20.9. The predicted octanol–water partition coefficient (Wildman–Crippen LogP) is 5.03. The third-order valence-electron chi connectivity index (χ3n) is 5.64. The van der Waals surface area contributed by atoms with Crippen LogP contribution in [0, 0.1) is 0 Å². The van der Waals surface area contributed by atoms with E-state index in [1.807, 2.05) is 0 Å². The summed E-state index contributed by atoms with van der Waals surface area (Å²) >= 11 is 5.84. The topological polar surface area (TPSA) is 26.6 Å². The molecule has 1 aliphatic heterocycles. The van der Waals surface area contributed by atoms with Crippen LogP contribution in [0.25, 0.3) is 10.9 Å². The zero-order valence-corrected chi connectivity index (χ0v) is 18.9. The van der Waals surface area contributed by atoms with E-state index in [0.29, 0.717) is 6.61 Å². The molecule has 0 radical (unpaired) electrons. The van der Waals surface area contributed by atoms with Gasteiger partial charge in [-0.1, -0.05) is 63.3 Å². The van der Waals surface area contributed by atoms with Gasteiger partial charge in [0, 0.05) is 35.8 Å². The molecular formula is C25H30N2O2S. The van der Waals surface area contributed by atoms with Crippen LogP contribution in [0.2, 0.25) is 0 Å². The Hall–Kier alpha value is -2.37. The monoisotopic (exact) mass is 422 g/mol. The van der Waals surface area contributed by atoms with E-state index in [1.165, 1.54) is 16.5 Å². The molecule has 3 aromatic rings. The lowest BCUT2D eigenvalue weighted by Gasteiger charge is -2.29. The molecule has 0 spiro atoms. The Morgan fingerprint density at radius 2 is 1.73 bits per heavy atom. The van der Waals surface area contributed by atoms with Gasteiger partial charge in [-0.25, -0.2) is 0 Å². The Morgan fingerprint density at radius 3 is 2.43 bits per heavy atom. The Morgan fingerprint density at radius 1 is 1.03 bits per heavy atom. The number of ether oxygens (including phenoxy) is 2. The highest BCUT2D eigenvalue weighted by molar-refractivity contribution is 7.80. The molecule has 0 N–H and O–H groups in total. The predicted molar refractivity (Wildman–Crippen MR) is 127 cm³/mol. The van der Waals surface area contributed by atoms with Crippen molar-refractivity contribution in [1.29, 1.82) is 0 Å². The molecule has 1 fully saturated rings. The molecule has 0 bridgehead atoms. The van der Waals surface area contributed by atoms with E-state index in [1.54, 1.807) is 0 Å². The maximum absolute atomic E-state index is 6.03. The number of morpholine rings is 1. The van der Waals surface area contributed by atoms with E-state index < -0.39 is 0 Å². The number of nitrogens with zero attached hydrogens (tertiary/aromatic N) is 2. The SMILES string of the molecule is CC(C)(C)c1ccc(OCCn2cc(C(=S)N3CCOCC3)c3ccccc32)cc1. The highest BCUT2D eigenvalue weighted by Gasteiger charge is 2.19. The average molecular weight is 423 g/mol. The molecule has 158 valence electrons. The van der Waals surface area contributed by atoms with Gasteiger partial charge in [-0.3, -0.25) is 0 Å². The van der Waals surface area contributed by atoms with Crippen LogP contribution in [0.15, 0.2) is 54.7 Å². The lowest BCUT2D eigenvalue weighted by atomic mass is 9.87. The van der Waals surface area contributed by atoms with Crippen molar-refractivity contribution >= 4 is 28.1 Å². The summed E-state index contributed by atoms with van der Waals surface area (Å²) < 4.78 is 13.8. The summed E-state index contributed by atoms with van der Waals surface area (Å²) in [6, 6.07) is 16.9. The van der Waals surface area contributed by atoms with Gasteiger partial charge in [0.15, 0.2) is 0 Å². The van der Waals surface area contributed by atoms with Gasteiger partial charge in [0.25, 0.3) is 0 Å². The summed E-state index contributed by atoms with van der Waals surface area (Å²) in [5.74, 6) is 0.906. The molecule has 5 heteroatoms. The first-order valence-corrected chi connectivity index (χ1v) is 11.0. The molecular weight excluding hydrogens is 392 g/mol. The van der Waals surface area contributed by atoms with Crippen LogP contribution in [0.5, 0.6) is 5.75 Å². The van der Waals surface area contributed by atoms with Crippen LogP contribution in [0.4, 0.5) is 0 Å². The largest absolute Gasteiger partial charge is 0.492 e. The highest BCUT2D eigenvalue weighted by Crippen LogP contribution is 2.25. The minimum Gasteiger partial charge on any atom is -0.492 e. The van der Waals surface area contributed by atoms with Crippen molar-refractivity contribution < 1.29 is 9.47 Å². The average Bonchev–Trinajstić information content (AvgIpc) is 3.12. The second-order valence-corrected chi connectivity index (χ2v) is 9.17. The van der Waals surface area contributed by atoms with Crippen molar-refractivity contribution in [2.75, 3.05) is 32.9 Å². The third-order valence-corrected chi connectivity index (χ3v) is 6.12. The summed E-state index contributed by atoms with van der Waals surface area (Å²) in [4.78, 5) is 3.16. The molecule has 1 aliphatic rings. The number of hydrogen-bond acceptors (Lipinski definition) is 3. The van der Waals surface area contributed by atoms with Crippen LogP contribution in [0.1, 0.15) is 31.9 Å². The number of rotatable bonds is 5. The second-order valence-electron chi connectivity index (χ2n) is 8.78. The molecule has 0 saturated carbocycles. The van der Waals surface area contributed by atoms with Crippen molar-refractivity contribution in [2.45, 2.75) is 32.7 Å². The summed E-state index contributed by atoms with van der Waals surface area (Å²) in [6.45, 7) is 11.2. The number of para-hydroxylation sites is 1. The van der Waals surface area contributed by atoms with Crippen molar-refractivity contribution in [3.63, 3.8) is 0 Å². The molecule has 0 unspecified atom stereocenters. The summed E-state index contributed by atoms with van der Waals surface area (Å²) in [7, 11) is 0. The fourth-order valence-corrected chi connectivity index (χ4v) is 4.20. The molecule has 4 nitrogen and oxygen atoms in total. The van der Waals surface area contributed by atoms with E-state index in [2.05, 4.69) is 85.0 Å².